The summed E-state index contributed by atoms with van der Waals surface area (Å²) < 4.78 is 0. The molecule has 1 aliphatic carbocycles. The average molecular weight is 344 g/mol. The second kappa shape index (κ2) is 6.74. The van der Waals surface area contributed by atoms with Crippen molar-refractivity contribution in [1.29, 1.82) is 0 Å². The highest BCUT2D eigenvalue weighted by Gasteiger charge is 2.22. The summed E-state index contributed by atoms with van der Waals surface area (Å²) in [5, 5.41) is 0. The molecule has 0 aliphatic heterocycles. The number of hydrogen-bond acceptors (Lipinski definition) is 0. The van der Waals surface area contributed by atoms with Gasteiger partial charge in [-0.2, -0.15) is 0 Å². The molecule has 128 valence electrons. The molecule has 0 amide bonds. The quantitative estimate of drug-likeness (QED) is 0.314. The Morgan fingerprint density at radius 1 is 0.593 bits per heavy atom. The minimum Gasteiger partial charge on any atom is -0.0622 e. The first kappa shape index (κ1) is 15.8. The minimum atomic E-state index is 1.02. The number of hydrogen-bond donors (Lipinski definition) is 0. The third-order valence-electron chi connectivity index (χ3n) is 5.30. The number of rotatable bonds is 3. The lowest BCUT2D eigenvalue weighted by molar-refractivity contribution is 1.26. The van der Waals surface area contributed by atoms with Gasteiger partial charge >= 0.3 is 0 Å². The summed E-state index contributed by atoms with van der Waals surface area (Å²) in [6.45, 7) is 0. The fourth-order valence-electron chi connectivity index (χ4n) is 4.06. The molecule has 0 bridgehead atoms. The zero-order chi connectivity index (χ0) is 18.1. The van der Waals surface area contributed by atoms with Crippen LogP contribution in [0.1, 0.15) is 27.8 Å². The molecule has 27 heavy (non-hydrogen) atoms. The van der Waals surface area contributed by atoms with Gasteiger partial charge in [0.15, 0.2) is 0 Å². The van der Waals surface area contributed by atoms with Gasteiger partial charge in [-0.25, -0.2) is 0 Å². The van der Waals surface area contributed by atoms with Gasteiger partial charge in [0, 0.05) is 0 Å². The maximum absolute atomic E-state index is 2.31. The van der Waals surface area contributed by atoms with Crippen molar-refractivity contribution in [3.05, 3.63) is 131 Å². The van der Waals surface area contributed by atoms with Crippen LogP contribution in [0.15, 0.2) is 103 Å². The van der Waals surface area contributed by atoms with E-state index in [1.165, 1.54) is 44.5 Å². The summed E-state index contributed by atoms with van der Waals surface area (Å²) in [6, 6.07) is 36.8. The second-order valence-corrected chi connectivity index (χ2v) is 7.01. The van der Waals surface area contributed by atoms with Crippen molar-refractivity contribution in [2.75, 3.05) is 0 Å². The van der Waals surface area contributed by atoms with E-state index in [1.54, 1.807) is 0 Å². The highest BCUT2D eigenvalue weighted by Crippen LogP contribution is 2.42. The Balaban J connectivity index is 1.77. The van der Waals surface area contributed by atoms with Gasteiger partial charge < -0.3 is 0 Å². The van der Waals surface area contributed by atoms with E-state index < -0.39 is 0 Å². The molecule has 4 aromatic carbocycles. The van der Waals surface area contributed by atoms with Crippen molar-refractivity contribution in [2.45, 2.75) is 6.42 Å². The fourth-order valence-corrected chi connectivity index (χ4v) is 4.06. The smallest absolute Gasteiger partial charge is 0.00132 e. The van der Waals surface area contributed by atoms with Crippen molar-refractivity contribution < 1.29 is 0 Å². The van der Waals surface area contributed by atoms with Crippen LogP contribution < -0.4 is 0 Å². The SMILES string of the molecule is C(=C(/c1ccccc1)c1cccc2c1-c1ccccc1C2)/c1ccccc1. The fraction of sp³-hybridized carbons (Fsp3) is 0.0370. The maximum atomic E-state index is 2.31. The summed E-state index contributed by atoms with van der Waals surface area (Å²) in [5.74, 6) is 0. The van der Waals surface area contributed by atoms with Gasteiger partial charge in [-0.3, -0.25) is 0 Å². The standard InChI is InChI=1S/C27H20/c1-3-10-20(11-4-1)18-26(21-12-5-2-6-13-21)25-17-9-15-23-19-22-14-7-8-16-24(22)27(23)25/h1-18H,19H2/b26-18+. The molecule has 0 N–H and O–H groups in total. The molecule has 0 radical (unpaired) electrons. The molecule has 0 unspecified atom stereocenters. The van der Waals surface area contributed by atoms with Gasteiger partial charge in [-0.15, -0.1) is 0 Å². The molecule has 0 saturated heterocycles. The zero-order valence-corrected chi connectivity index (χ0v) is 15.1. The molecular formula is C27H20. The van der Waals surface area contributed by atoms with Gasteiger partial charge in [0.2, 0.25) is 0 Å². The van der Waals surface area contributed by atoms with Crippen molar-refractivity contribution in [3.63, 3.8) is 0 Å². The number of fused-ring (bicyclic) bond motifs is 3. The van der Waals surface area contributed by atoms with Crippen LogP contribution in [0.5, 0.6) is 0 Å². The Labute approximate surface area is 160 Å². The predicted octanol–water partition coefficient (Wildman–Crippen LogP) is 6.85. The van der Waals surface area contributed by atoms with Crippen molar-refractivity contribution in [1.82, 2.24) is 0 Å². The Hall–Kier alpha value is -3.38. The first-order valence-electron chi connectivity index (χ1n) is 9.43. The normalized spacial score (nSPS) is 12.5. The van der Waals surface area contributed by atoms with E-state index in [0.717, 1.165) is 6.42 Å². The van der Waals surface area contributed by atoms with Crippen LogP contribution in [0.2, 0.25) is 0 Å². The Kier molecular flexibility index (Phi) is 3.95. The largest absolute Gasteiger partial charge is 0.0622 e. The third-order valence-corrected chi connectivity index (χ3v) is 5.30. The average Bonchev–Trinajstić information content (AvgIpc) is 3.12. The third kappa shape index (κ3) is 2.90. The molecular weight excluding hydrogens is 324 g/mol. The van der Waals surface area contributed by atoms with E-state index in [2.05, 4.69) is 109 Å². The summed E-state index contributed by atoms with van der Waals surface area (Å²) in [4.78, 5) is 0. The Morgan fingerprint density at radius 2 is 1.26 bits per heavy atom. The van der Waals surface area contributed by atoms with Gasteiger partial charge in [0.1, 0.15) is 0 Å². The van der Waals surface area contributed by atoms with E-state index in [1.807, 2.05) is 0 Å². The van der Waals surface area contributed by atoms with Crippen LogP contribution in [-0.4, -0.2) is 0 Å². The van der Waals surface area contributed by atoms with Crippen molar-refractivity contribution in [3.8, 4) is 11.1 Å². The van der Waals surface area contributed by atoms with E-state index in [0.29, 0.717) is 0 Å². The zero-order valence-electron chi connectivity index (χ0n) is 15.1. The van der Waals surface area contributed by atoms with Crippen LogP contribution >= 0.6 is 0 Å². The van der Waals surface area contributed by atoms with Crippen LogP contribution in [0.25, 0.3) is 22.8 Å². The second-order valence-electron chi connectivity index (χ2n) is 7.01. The van der Waals surface area contributed by atoms with Crippen molar-refractivity contribution >= 4 is 11.6 Å². The minimum absolute atomic E-state index is 1.02. The van der Waals surface area contributed by atoms with Gasteiger partial charge in [-0.05, 0) is 57.0 Å². The molecule has 0 nitrogen and oxygen atoms in total. The lowest BCUT2D eigenvalue weighted by atomic mass is 9.89. The highest BCUT2D eigenvalue weighted by atomic mass is 14.3. The molecule has 0 heteroatoms. The molecule has 0 heterocycles. The molecule has 0 saturated carbocycles. The van der Waals surface area contributed by atoms with E-state index in [-0.39, 0.29) is 0 Å². The summed E-state index contributed by atoms with van der Waals surface area (Å²) >= 11 is 0. The molecule has 1 aliphatic rings. The summed E-state index contributed by atoms with van der Waals surface area (Å²) in [5.41, 5.74) is 10.7. The first-order valence-corrected chi connectivity index (χ1v) is 9.43. The Bertz CT molecular complexity index is 1120. The molecule has 0 spiro atoms. The lowest BCUT2D eigenvalue weighted by Crippen LogP contribution is -1.93. The van der Waals surface area contributed by atoms with E-state index in [4.69, 9.17) is 0 Å². The molecule has 0 atom stereocenters. The topological polar surface area (TPSA) is 0 Å². The Morgan fingerprint density at radius 3 is 2.07 bits per heavy atom. The van der Waals surface area contributed by atoms with Gasteiger partial charge in [0.05, 0.1) is 0 Å². The van der Waals surface area contributed by atoms with Crippen molar-refractivity contribution in [2.24, 2.45) is 0 Å². The summed E-state index contributed by atoms with van der Waals surface area (Å²) in [6.07, 6.45) is 3.33. The van der Waals surface area contributed by atoms with E-state index >= 15 is 0 Å². The van der Waals surface area contributed by atoms with Crippen LogP contribution in [0.3, 0.4) is 0 Å². The van der Waals surface area contributed by atoms with Gasteiger partial charge in [0.25, 0.3) is 0 Å². The van der Waals surface area contributed by atoms with Gasteiger partial charge in [-0.1, -0.05) is 103 Å². The highest BCUT2D eigenvalue weighted by molar-refractivity contribution is 5.98. The summed E-state index contributed by atoms with van der Waals surface area (Å²) in [7, 11) is 0. The maximum Gasteiger partial charge on any atom is -0.00132 e. The molecule has 5 rings (SSSR count). The van der Waals surface area contributed by atoms with Crippen LogP contribution in [-0.2, 0) is 6.42 Å². The van der Waals surface area contributed by atoms with Crippen LogP contribution in [0.4, 0.5) is 0 Å². The van der Waals surface area contributed by atoms with E-state index in [9.17, 15) is 0 Å². The number of benzene rings is 4. The molecule has 0 aromatic heterocycles. The predicted molar refractivity (Wildman–Crippen MR) is 115 cm³/mol. The van der Waals surface area contributed by atoms with Crippen LogP contribution in [0, 0.1) is 0 Å². The molecule has 4 aromatic rings. The molecule has 0 fully saturated rings. The monoisotopic (exact) mass is 344 g/mol. The lowest BCUT2D eigenvalue weighted by Gasteiger charge is -2.15. The first-order chi connectivity index (χ1) is 13.4.